The number of benzene rings is 1. The number of nitrogens with zero attached hydrogens (tertiary/aromatic N) is 1. The maximum Gasteiger partial charge on any atom is 0.416 e. The van der Waals surface area contributed by atoms with Crippen molar-refractivity contribution in [1.82, 2.24) is 4.98 Å². The van der Waals surface area contributed by atoms with Crippen LogP contribution >= 0.6 is 11.3 Å². The van der Waals surface area contributed by atoms with Gasteiger partial charge < -0.3 is 5.11 Å². The van der Waals surface area contributed by atoms with Crippen LogP contribution in [0, 0.1) is 6.92 Å². The summed E-state index contributed by atoms with van der Waals surface area (Å²) >= 11 is 1.32. The van der Waals surface area contributed by atoms with Crippen molar-refractivity contribution < 1.29 is 18.3 Å². The van der Waals surface area contributed by atoms with Crippen molar-refractivity contribution in [3.63, 3.8) is 0 Å². The lowest BCUT2D eigenvalue weighted by Gasteiger charge is -2.06. The summed E-state index contributed by atoms with van der Waals surface area (Å²) < 4.78 is 37.5. The Labute approximate surface area is 118 Å². The summed E-state index contributed by atoms with van der Waals surface area (Å²) in [5.74, 6) is 0. The smallest absolute Gasteiger partial charge is 0.388 e. The molecule has 1 N–H and O–H groups in total. The number of hydrogen-bond donors (Lipinski definition) is 1. The van der Waals surface area contributed by atoms with E-state index in [4.69, 9.17) is 0 Å². The van der Waals surface area contributed by atoms with Gasteiger partial charge in [0.2, 0.25) is 0 Å². The SMILES string of the molecule is CC[C@H](O)c1sc(-c2ccc(C(F)(F)F)cc2)nc1C. The Hall–Kier alpha value is -1.40. The summed E-state index contributed by atoms with van der Waals surface area (Å²) in [6.07, 6.45) is -4.33. The zero-order valence-electron chi connectivity index (χ0n) is 11.0. The van der Waals surface area contributed by atoms with Crippen molar-refractivity contribution in [3.8, 4) is 10.6 Å². The number of halogens is 3. The number of alkyl halides is 3. The van der Waals surface area contributed by atoms with Crippen LogP contribution in [0.4, 0.5) is 13.2 Å². The molecule has 1 aromatic carbocycles. The van der Waals surface area contributed by atoms with Gasteiger partial charge in [0, 0.05) is 5.56 Å². The lowest BCUT2D eigenvalue weighted by atomic mass is 10.1. The first kappa shape index (κ1) is 15.0. The molecule has 0 aliphatic carbocycles. The summed E-state index contributed by atoms with van der Waals surface area (Å²) in [6.45, 7) is 3.65. The highest BCUT2D eigenvalue weighted by atomic mass is 32.1. The highest BCUT2D eigenvalue weighted by Gasteiger charge is 2.30. The number of aliphatic hydroxyl groups is 1. The first-order valence-corrected chi connectivity index (χ1v) is 6.97. The van der Waals surface area contributed by atoms with Crippen LogP contribution in [-0.2, 0) is 6.18 Å². The molecule has 0 bridgehead atoms. The molecule has 2 aromatic rings. The van der Waals surface area contributed by atoms with Crippen LogP contribution in [0.25, 0.3) is 10.6 Å². The second kappa shape index (κ2) is 5.54. The molecule has 6 heteroatoms. The second-order valence-electron chi connectivity index (χ2n) is 4.47. The van der Waals surface area contributed by atoms with Gasteiger partial charge in [-0.1, -0.05) is 19.1 Å². The zero-order chi connectivity index (χ0) is 14.9. The largest absolute Gasteiger partial charge is 0.416 e. The van der Waals surface area contributed by atoms with Gasteiger partial charge in [0.05, 0.1) is 22.2 Å². The molecule has 1 heterocycles. The molecule has 2 rings (SSSR count). The Kier molecular flexibility index (Phi) is 4.15. The third-order valence-corrected chi connectivity index (χ3v) is 4.29. The fraction of sp³-hybridized carbons (Fsp3) is 0.357. The number of rotatable bonds is 3. The van der Waals surface area contributed by atoms with Crippen LogP contribution < -0.4 is 0 Å². The van der Waals surface area contributed by atoms with Crippen molar-refractivity contribution >= 4 is 11.3 Å². The summed E-state index contributed by atoms with van der Waals surface area (Å²) in [6, 6.07) is 4.90. The number of thiazole rings is 1. The van der Waals surface area contributed by atoms with E-state index in [0.29, 0.717) is 17.0 Å². The summed E-state index contributed by atoms with van der Waals surface area (Å²) in [7, 11) is 0. The molecule has 0 saturated carbocycles. The van der Waals surface area contributed by atoms with Gasteiger partial charge in [0.15, 0.2) is 0 Å². The highest BCUT2D eigenvalue weighted by molar-refractivity contribution is 7.15. The normalized spacial score (nSPS) is 13.5. The molecule has 1 aromatic heterocycles. The Balaban J connectivity index is 2.33. The van der Waals surface area contributed by atoms with Crippen molar-refractivity contribution in [1.29, 1.82) is 0 Å². The molecule has 0 aliphatic heterocycles. The lowest BCUT2D eigenvalue weighted by Crippen LogP contribution is -2.03. The molecular formula is C14H14F3NOS. The molecule has 0 saturated heterocycles. The summed E-state index contributed by atoms with van der Waals surface area (Å²) in [5.41, 5.74) is 0.670. The summed E-state index contributed by atoms with van der Waals surface area (Å²) in [5, 5.41) is 10.5. The lowest BCUT2D eigenvalue weighted by molar-refractivity contribution is -0.137. The molecule has 1 atom stereocenters. The van der Waals surface area contributed by atoms with Gasteiger partial charge in [0.1, 0.15) is 5.01 Å². The predicted molar refractivity (Wildman–Crippen MR) is 72.5 cm³/mol. The van der Waals surface area contributed by atoms with Crippen LogP contribution in [0.3, 0.4) is 0 Å². The van der Waals surface area contributed by atoms with Crippen molar-refractivity contribution in [2.45, 2.75) is 32.5 Å². The first-order valence-electron chi connectivity index (χ1n) is 6.16. The second-order valence-corrected chi connectivity index (χ2v) is 5.50. The van der Waals surface area contributed by atoms with Crippen LogP contribution in [0.1, 0.15) is 35.6 Å². The Morgan fingerprint density at radius 1 is 1.25 bits per heavy atom. The number of aryl methyl sites for hydroxylation is 1. The highest BCUT2D eigenvalue weighted by Crippen LogP contribution is 2.35. The number of aromatic nitrogens is 1. The maximum atomic E-state index is 12.5. The standard InChI is InChI=1S/C14H14F3NOS/c1-3-11(19)12-8(2)18-13(20-12)9-4-6-10(7-5-9)14(15,16)17/h4-7,11,19H,3H2,1-2H3/t11-/m0/s1. The fourth-order valence-corrected chi connectivity index (χ4v) is 2.97. The average Bonchev–Trinajstić information content (AvgIpc) is 2.79. The predicted octanol–water partition coefficient (Wildman–Crippen LogP) is 4.58. The molecule has 0 aliphatic rings. The van der Waals surface area contributed by atoms with Crippen LogP contribution in [0.5, 0.6) is 0 Å². The van der Waals surface area contributed by atoms with E-state index in [1.165, 1.54) is 23.5 Å². The molecule has 0 spiro atoms. The van der Waals surface area contributed by atoms with E-state index < -0.39 is 17.8 Å². The van der Waals surface area contributed by atoms with Gasteiger partial charge in [-0.3, -0.25) is 0 Å². The Morgan fingerprint density at radius 3 is 2.35 bits per heavy atom. The van der Waals surface area contributed by atoms with E-state index >= 15 is 0 Å². The minimum atomic E-state index is -4.33. The molecule has 2 nitrogen and oxygen atoms in total. The van der Waals surface area contributed by atoms with E-state index in [1.54, 1.807) is 6.92 Å². The van der Waals surface area contributed by atoms with Gasteiger partial charge in [-0.2, -0.15) is 13.2 Å². The molecule has 0 fully saturated rings. The molecule has 0 radical (unpaired) electrons. The number of hydrogen-bond acceptors (Lipinski definition) is 3. The van der Waals surface area contributed by atoms with Crippen LogP contribution in [-0.4, -0.2) is 10.1 Å². The van der Waals surface area contributed by atoms with Crippen molar-refractivity contribution in [3.05, 3.63) is 40.4 Å². The van der Waals surface area contributed by atoms with Crippen molar-refractivity contribution in [2.75, 3.05) is 0 Å². The molecule has 0 unspecified atom stereocenters. The van der Waals surface area contributed by atoms with Gasteiger partial charge in [0.25, 0.3) is 0 Å². The van der Waals surface area contributed by atoms with Crippen molar-refractivity contribution in [2.24, 2.45) is 0 Å². The Morgan fingerprint density at radius 2 is 1.85 bits per heavy atom. The van der Waals surface area contributed by atoms with E-state index in [2.05, 4.69) is 4.98 Å². The monoisotopic (exact) mass is 301 g/mol. The third-order valence-electron chi connectivity index (χ3n) is 2.98. The van der Waals surface area contributed by atoms with Gasteiger partial charge >= 0.3 is 6.18 Å². The number of aliphatic hydroxyl groups excluding tert-OH is 1. The van der Waals surface area contributed by atoms with Crippen LogP contribution in [0.2, 0.25) is 0 Å². The van der Waals surface area contributed by atoms with E-state index in [-0.39, 0.29) is 0 Å². The molecule has 20 heavy (non-hydrogen) atoms. The fourth-order valence-electron chi connectivity index (χ4n) is 1.83. The van der Waals surface area contributed by atoms with Gasteiger partial charge in [-0.15, -0.1) is 11.3 Å². The van der Waals surface area contributed by atoms with E-state index in [9.17, 15) is 18.3 Å². The van der Waals surface area contributed by atoms with Gasteiger partial charge in [-0.05, 0) is 25.5 Å². The van der Waals surface area contributed by atoms with Gasteiger partial charge in [-0.25, -0.2) is 4.98 Å². The van der Waals surface area contributed by atoms with Crippen LogP contribution in [0.15, 0.2) is 24.3 Å². The maximum absolute atomic E-state index is 12.5. The molecule has 108 valence electrons. The molecule has 0 amide bonds. The zero-order valence-corrected chi connectivity index (χ0v) is 11.8. The van der Waals surface area contributed by atoms with E-state index in [1.807, 2.05) is 6.92 Å². The molecular weight excluding hydrogens is 287 g/mol. The third kappa shape index (κ3) is 3.02. The van der Waals surface area contributed by atoms with E-state index in [0.717, 1.165) is 22.7 Å². The minimum Gasteiger partial charge on any atom is -0.388 e. The topological polar surface area (TPSA) is 33.1 Å². The Bertz CT molecular complexity index is 589. The summed E-state index contributed by atoms with van der Waals surface area (Å²) in [4.78, 5) is 5.09. The average molecular weight is 301 g/mol. The first-order chi connectivity index (χ1) is 9.32. The quantitative estimate of drug-likeness (QED) is 0.900. The minimum absolute atomic E-state index is 0.573.